The van der Waals surface area contributed by atoms with Gasteiger partial charge in [0.2, 0.25) is 0 Å². The van der Waals surface area contributed by atoms with Crippen LogP contribution in [0.5, 0.6) is 0 Å². The van der Waals surface area contributed by atoms with E-state index < -0.39 is 0 Å². The van der Waals surface area contributed by atoms with Crippen LogP contribution < -0.4 is 16.8 Å². The van der Waals surface area contributed by atoms with Crippen LogP contribution in [0.15, 0.2) is 23.7 Å². The number of nitrogens with one attached hydrogen (secondary N) is 1. The molecule has 0 radical (unpaired) electrons. The van der Waals surface area contributed by atoms with Crippen molar-refractivity contribution in [2.75, 3.05) is 6.54 Å². The van der Waals surface area contributed by atoms with Crippen LogP contribution in [0.2, 0.25) is 0 Å². The lowest BCUT2D eigenvalue weighted by atomic mass is 10.0. The maximum Gasteiger partial charge on any atom is 0.0948 e. The smallest absolute Gasteiger partial charge is 0.0948 e. The molecule has 0 aromatic carbocycles. The van der Waals surface area contributed by atoms with Gasteiger partial charge in [-0.25, -0.2) is 0 Å². The first-order valence-electron chi connectivity index (χ1n) is 5.62. The van der Waals surface area contributed by atoms with E-state index in [9.17, 15) is 0 Å². The molecule has 0 aromatic rings. The quantitative estimate of drug-likeness (QED) is 0.565. The van der Waals surface area contributed by atoms with Crippen molar-refractivity contribution in [1.82, 2.24) is 5.32 Å². The van der Waals surface area contributed by atoms with E-state index in [4.69, 9.17) is 11.5 Å². The third kappa shape index (κ3) is 6.05. The average Bonchev–Trinajstić information content (AvgIpc) is 2.22. The molecule has 0 heterocycles. The lowest BCUT2D eigenvalue weighted by Crippen LogP contribution is -2.23. The third-order valence-corrected chi connectivity index (χ3v) is 2.75. The minimum Gasteiger partial charge on any atom is -0.402 e. The predicted octanol–water partition coefficient (Wildman–Crippen LogP) is 2.06. The van der Waals surface area contributed by atoms with E-state index in [2.05, 4.69) is 25.7 Å². The summed E-state index contributed by atoms with van der Waals surface area (Å²) in [5.74, 6) is 1.21. The SMILES string of the molecule is C=C(N)[C@H](C)CCCNC(N)=C(C)CC. The first-order valence-corrected chi connectivity index (χ1v) is 5.62. The van der Waals surface area contributed by atoms with E-state index in [1.54, 1.807) is 0 Å². The Morgan fingerprint density at radius 1 is 1.40 bits per heavy atom. The number of rotatable bonds is 7. The Morgan fingerprint density at radius 3 is 2.47 bits per heavy atom. The molecule has 3 nitrogen and oxygen atoms in total. The lowest BCUT2D eigenvalue weighted by Gasteiger charge is -2.12. The van der Waals surface area contributed by atoms with Crippen LogP contribution in [-0.2, 0) is 0 Å². The highest BCUT2D eigenvalue weighted by atomic mass is 15.0. The molecule has 0 saturated heterocycles. The molecule has 0 amide bonds. The van der Waals surface area contributed by atoms with Crippen molar-refractivity contribution in [2.45, 2.75) is 40.0 Å². The van der Waals surface area contributed by atoms with Crippen LogP contribution >= 0.6 is 0 Å². The average molecular weight is 211 g/mol. The Balaban J connectivity index is 3.68. The van der Waals surface area contributed by atoms with E-state index in [0.29, 0.717) is 5.92 Å². The number of nitrogens with two attached hydrogens (primary N) is 2. The van der Waals surface area contributed by atoms with Gasteiger partial charge < -0.3 is 16.8 Å². The summed E-state index contributed by atoms with van der Waals surface area (Å²) in [6.45, 7) is 10.9. The number of hydrogen-bond acceptors (Lipinski definition) is 3. The highest BCUT2D eigenvalue weighted by molar-refractivity contribution is 5.05. The number of hydrogen-bond donors (Lipinski definition) is 3. The van der Waals surface area contributed by atoms with Gasteiger partial charge >= 0.3 is 0 Å². The van der Waals surface area contributed by atoms with Gasteiger partial charge in [-0.3, -0.25) is 0 Å². The summed E-state index contributed by atoms with van der Waals surface area (Å²) in [6, 6.07) is 0. The molecule has 0 unspecified atom stereocenters. The third-order valence-electron chi connectivity index (χ3n) is 2.75. The van der Waals surface area contributed by atoms with Crippen molar-refractivity contribution >= 4 is 0 Å². The van der Waals surface area contributed by atoms with Gasteiger partial charge in [0.25, 0.3) is 0 Å². The monoisotopic (exact) mass is 211 g/mol. The highest BCUT2D eigenvalue weighted by Gasteiger charge is 2.02. The molecule has 88 valence electrons. The van der Waals surface area contributed by atoms with Crippen LogP contribution in [0.1, 0.15) is 40.0 Å². The van der Waals surface area contributed by atoms with Crippen LogP contribution in [0.3, 0.4) is 0 Å². The summed E-state index contributed by atoms with van der Waals surface area (Å²) in [5.41, 5.74) is 13.4. The van der Waals surface area contributed by atoms with Gasteiger partial charge in [-0.2, -0.15) is 0 Å². The molecule has 0 aliphatic heterocycles. The van der Waals surface area contributed by atoms with Gasteiger partial charge in [-0.15, -0.1) is 0 Å². The van der Waals surface area contributed by atoms with Crippen LogP contribution in [0.4, 0.5) is 0 Å². The fourth-order valence-corrected chi connectivity index (χ4v) is 1.16. The largest absolute Gasteiger partial charge is 0.402 e. The Kier molecular flexibility index (Phi) is 6.67. The highest BCUT2D eigenvalue weighted by Crippen LogP contribution is 2.09. The van der Waals surface area contributed by atoms with E-state index in [1.807, 2.05) is 6.92 Å². The Morgan fingerprint density at radius 2 is 2.00 bits per heavy atom. The molecule has 3 heteroatoms. The fraction of sp³-hybridized carbons (Fsp3) is 0.667. The molecule has 0 saturated carbocycles. The van der Waals surface area contributed by atoms with Gasteiger partial charge in [0.15, 0.2) is 0 Å². The zero-order valence-electron chi connectivity index (χ0n) is 10.3. The zero-order valence-corrected chi connectivity index (χ0v) is 10.3. The van der Waals surface area contributed by atoms with Crippen LogP contribution in [0, 0.1) is 5.92 Å². The van der Waals surface area contributed by atoms with E-state index in [0.717, 1.165) is 37.3 Å². The molecular formula is C12H25N3. The molecule has 0 aliphatic carbocycles. The summed E-state index contributed by atoms with van der Waals surface area (Å²) in [6.07, 6.45) is 3.12. The van der Waals surface area contributed by atoms with E-state index in [1.165, 1.54) is 5.57 Å². The molecule has 0 fully saturated rings. The summed E-state index contributed by atoms with van der Waals surface area (Å²) in [5, 5.41) is 3.21. The van der Waals surface area contributed by atoms with Crippen molar-refractivity contribution in [3.63, 3.8) is 0 Å². The Bertz CT molecular complexity index is 231. The minimum absolute atomic E-state index is 0.393. The fourth-order valence-electron chi connectivity index (χ4n) is 1.16. The first kappa shape index (κ1) is 13.9. The van der Waals surface area contributed by atoms with Gasteiger partial charge in [-0.1, -0.05) is 20.4 Å². The molecule has 1 atom stereocenters. The van der Waals surface area contributed by atoms with Crippen molar-refractivity contribution < 1.29 is 0 Å². The summed E-state index contributed by atoms with van der Waals surface area (Å²) in [7, 11) is 0. The molecule has 0 rings (SSSR count). The van der Waals surface area contributed by atoms with E-state index >= 15 is 0 Å². The summed E-state index contributed by atoms with van der Waals surface area (Å²) >= 11 is 0. The topological polar surface area (TPSA) is 64.1 Å². The standard InChI is InChI=1S/C12H25N3/c1-5-9(2)12(14)15-8-6-7-10(3)11(4)13/h10,15H,4-8,13-14H2,1-3H3/t10-/m1/s1. The summed E-state index contributed by atoms with van der Waals surface area (Å²) in [4.78, 5) is 0. The lowest BCUT2D eigenvalue weighted by molar-refractivity contribution is 0.558. The maximum atomic E-state index is 5.83. The molecule has 0 bridgehead atoms. The molecule has 0 aromatic heterocycles. The molecule has 0 aliphatic rings. The van der Waals surface area contributed by atoms with Crippen LogP contribution in [0.25, 0.3) is 0 Å². The van der Waals surface area contributed by atoms with Gasteiger partial charge in [-0.05, 0) is 37.7 Å². The van der Waals surface area contributed by atoms with Crippen molar-refractivity contribution in [1.29, 1.82) is 0 Å². The molecule has 15 heavy (non-hydrogen) atoms. The van der Waals surface area contributed by atoms with Gasteiger partial charge in [0, 0.05) is 12.2 Å². The number of allylic oxidation sites excluding steroid dienone is 2. The molecular weight excluding hydrogens is 186 g/mol. The first-order chi connectivity index (χ1) is 6.99. The van der Waals surface area contributed by atoms with Crippen molar-refractivity contribution in [2.24, 2.45) is 17.4 Å². The van der Waals surface area contributed by atoms with Gasteiger partial charge in [0.1, 0.15) is 0 Å². The van der Waals surface area contributed by atoms with Crippen molar-refractivity contribution in [3.8, 4) is 0 Å². The summed E-state index contributed by atoms with van der Waals surface area (Å²) < 4.78 is 0. The predicted molar refractivity (Wildman–Crippen MR) is 66.9 cm³/mol. The second-order valence-corrected chi connectivity index (χ2v) is 4.09. The van der Waals surface area contributed by atoms with Gasteiger partial charge in [0.05, 0.1) is 5.82 Å². The second-order valence-electron chi connectivity index (χ2n) is 4.09. The Labute approximate surface area is 93.6 Å². The minimum atomic E-state index is 0.393. The zero-order chi connectivity index (χ0) is 11.8. The van der Waals surface area contributed by atoms with Crippen LogP contribution in [-0.4, -0.2) is 6.54 Å². The maximum absolute atomic E-state index is 5.83. The van der Waals surface area contributed by atoms with Crippen molar-refractivity contribution in [3.05, 3.63) is 23.7 Å². The van der Waals surface area contributed by atoms with E-state index in [-0.39, 0.29) is 0 Å². The molecule has 0 spiro atoms. The second kappa shape index (κ2) is 7.21. The Hall–Kier alpha value is -1.12. The normalized spacial score (nSPS) is 14.3. The molecule has 5 N–H and O–H groups in total.